The topological polar surface area (TPSA) is 44.8 Å². The number of nitrogens with zero attached hydrogens (tertiary/aromatic N) is 2. The molecule has 1 amide bonds. The van der Waals surface area contributed by atoms with Crippen LogP contribution < -0.4 is 15.0 Å². The van der Waals surface area contributed by atoms with E-state index >= 15 is 0 Å². The van der Waals surface area contributed by atoms with E-state index in [1.54, 1.807) is 0 Å². The highest BCUT2D eigenvalue weighted by atomic mass is 16.5. The zero-order chi connectivity index (χ0) is 20.9. The van der Waals surface area contributed by atoms with Crippen LogP contribution >= 0.6 is 0 Å². The minimum atomic E-state index is -0.0824. The fourth-order valence-corrected chi connectivity index (χ4v) is 4.43. The van der Waals surface area contributed by atoms with E-state index in [4.69, 9.17) is 4.74 Å². The summed E-state index contributed by atoms with van der Waals surface area (Å²) in [6, 6.07) is 14.7. The fourth-order valence-electron chi connectivity index (χ4n) is 4.43. The molecule has 0 spiro atoms. The van der Waals surface area contributed by atoms with E-state index in [-0.39, 0.29) is 11.8 Å². The second kappa shape index (κ2) is 9.52. The SMILES string of the molecule is Cc1ccc(C)c(N2CCN(CCCNC(=O)[C@H]3COc4ccccc4C3)CC2)c1. The molecule has 4 rings (SSSR count). The van der Waals surface area contributed by atoms with Crippen LogP contribution in [-0.2, 0) is 11.2 Å². The lowest BCUT2D eigenvalue weighted by Gasteiger charge is -2.37. The molecule has 1 saturated heterocycles. The number of piperazine rings is 1. The predicted molar refractivity (Wildman–Crippen MR) is 121 cm³/mol. The number of rotatable bonds is 6. The maximum absolute atomic E-state index is 12.5. The quantitative estimate of drug-likeness (QED) is 0.747. The number of carbonyl (C=O) groups is 1. The van der Waals surface area contributed by atoms with E-state index in [0.29, 0.717) is 6.61 Å². The minimum absolute atomic E-state index is 0.0824. The van der Waals surface area contributed by atoms with Gasteiger partial charge in [0, 0.05) is 38.4 Å². The van der Waals surface area contributed by atoms with Crippen molar-refractivity contribution in [1.82, 2.24) is 10.2 Å². The number of para-hydroxylation sites is 1. The van der Waals surface area contributed by atoms with Crippen molar-refractivity contribution >= 4 is 11.6 Å². The number of amides is 1. The standard InChI is InChI=1S/C25H33N3O2/c1-19-8-9-20(2)23(16-19)28-14-12-27(13-15-28)11-5-10-26-25(29)22-17-21-6-3-4-7-24(21)30-18-22/h3-4,6-9,16,22H,5,10-15,17-18H2,1-2H3,(H,26,29)/t22-/m1/s1. The van der Waals surface area contributed by atoms with Gasteiger partial charge in [-0.2, -0.15) is 0 Å². The van der Waals surface area contributed by atoms with E-state index in [2.05, 4.69) is 47.2 Å². The molecule has 0 saturated carbocycles. The maximum atomic E-state index is 12.5. The largest absolute Gasteiger partial charge is 0.492 e. The zero-order valence-corrected chi connectivity index (χ0v) is 18.2. The van der Waals surface area contributed by atoms with Gasteiger partial charge in [-0.25, -0.2) is 0 Å². The van der Waals surface area contributed by atoms with Crippen LogP contribution in [0.15, 0.2) is 42.5 Å². The van der Waals surface area contributed by atoms with Gasteiger partial charge in [0.2, 0.25) is 5.91 Å². The molecule has 0 radical (unpaired) electrons. The third-order valence-corrected chi connectivity index (χ3v) is 6.28. The number of hydrogen-bond donors (Lipinski definition) is 1. The number of anilines is 1. The van der Waals surface area contributed by atoms with E-state index < -0.39 is 0 Å². The molecule has 5 heteroatoms. The molecule has 1 atom stereocenters. The lowest BCUT2D eigenvalue weighted by molar-refractivity contribution is -0.126. The third-order valence-electron chi connectivity index (χ3n) is 6.28. The van der Waals surface area contributed by atoms with Crippen molar-refractivity contribution in [2.24, 2.45) is 5.92 Å². The van der Waals surface area contributed by atoms with Gasteiger partial charge in [0.05, 0.1) is 5.92 Å². The highest BCUT2D eigenvalue weighted by molar-refractivity contribution is 5.79. The van der Waals surface area contributed by atoms with Gasteiger partial charge in [-0.3, -0.25) is 9.69 Å². The van der Waals surface area contributed by atoms with E-state index in [0.717, 1.165) is 63.4 Å². The molecule has 2 aromatic rings. The zero-order valence-electron chi connectivity index (χ0n) is 18.2. The van der Waals surface area contributed by atoms with Gasteiger partial charge in [0.1, 0.15) is 12.4 Å². The van der Waals surface area contributed by atoms with Crippen LogP contribution in [0.1, 0.15) is 23.1 Å². The molecule has 0 unspecified atom stereocenters. The average Bonchev–Trinajstić information content (AvgIpc) is 2.78. The second-order valence-electron chi connectivity index (χ2n) is 8.58. The number of carbonyl (C=O) groups excluding carboxylic acids is 1. The molecule has 2 aliphatic rings. The first kappa shape index (κ1) is 20.7. The summed E-state index contributed by atoms with van der Waals surface area (Å²) < 4.78 is 5.75. The Morgan fingerprint density at radius 3 is 2.73 bits per heavy atom. The molecule has 2 aliphatic heterocycles. The summed E-state index contributed by atoms with van der Waals surface area (Å²) in [4.78, 5) is 17.5. The fraction of sp³-hybridized carbons (Fsp3) is 0.480. The molecule has 5 nitrogen and oxygen atoms in total. The van der Waals surface area contributed by atoms with Crippen LogP contribution in [0.25, 0.3) is 0 Å². The highest BCUT2D eigenvalue weighted by Crippen LogP contribution is 2.27. The van der Waals surface area contributed by atoms with Crippen molar-refractivity contribution in [3.05, 3.63) is 59.2 Å². The Morgan fingerprint density at radius 2 is 1.90 bits per heavy atom. The number of aryl methyl sites for hydroxylation is 2. The van der Waals surface area contributed by atoms with Crippen LogP contribution in [0, 0.1) is 19.8 Å². The normalized spacial score (nSPS) is 19.1. The minimum Gasteiger partial charge on any atom is -0.492 e. The Kier molecular flexibility index (Phi) is 6.58. The van der Waals surface area contributed by atoms with Crippen molar-refractivity contribution in [2.75, 3.05) is 50.8 Å². The first-order valence-electron chi connectivity index (χ1n) is 11.1. The lowest BCUT2D eigenvalue weighted by Crippen LogP contribution is -2.47. The van der Waals surface area contributed by atoms with Crippen molar-refractivity contribution in [3.63, 3.8) is 0 Å². The average molecular weight is 408 g/mol. The molecule has 0 aromatic heterocycles. The Morgan fingerprint density at radius 1 is 1.10 bits per heavy atom. The van der Waals surface area contributed by atoms with E-state index in [1.807, 2.05) is 24.3 Å². The van der Waals surface area contributed by atoms with Gasteiger partial charge < -0.3 is 15.0 Å². The van der Waals surface area contributed by atoms with Crippen LogP contribution in [0.3, 0.4) is 0 Å². The van der Waals surface area contributed by atoms with Gasteiger partial charge in [-0.15, -0.1) is 0 Å². The Labute approximate surface area is 180 Å². The first-order chi connectivity index (χ1) is 14.6. The lowest BCUT2D eigenvalue weighted by atomic mass is 9.96. The second-order valence-corrected chi connectivity index (χ2v) is 8.58. The smallest absolute Gasteiger partial charge is 0.226 e. The molecule has 2 heterocycles. The van der Waals surface area contributed by atoms with Crippen LogP contribution in [-0.4, -0.2) is 56.7 Å². The van der Waals surface area contributed by atoms with Gasteiger partial charge in [-0.05, 0) is 62.1 Å². The first-order valence-corrected chi connectivity index (χ1v) is 11.1. The van der Waals surface area contributed by atoms with Crippen LogP contribution in [0.4, 0.5) is 5.69 Å². The van der Waals surface area contributed by atoms with E-state index in [1.165, 1.54) is 16.8 Å². The van der Waals surface area contributed by atoms with Gasteiger partial charge >= 0.3 is 0 Å². The number of fused-ring (bicyclic) bond motifs is 1. The molecule has 30 heavy (non-hydrogen) atoms. The van der Waals surface area contributed by atoms with Gasteiger partial charge in [0.15, 0.2) is 0 Å². The third kappa shape index (κ3) is 4.96. The van der Waals surface area contributed by atoms with Gasteiger partial charge in [0.25, 0.3) is 0 Å². The summed E-state index contributed by atoms with van der Waals surface area (Å²) in [5.41, 5.74) is 5.18. The molecule has 1 fully saturated rings. The molecular weight excluding hydrogens is 374 g/mol. The summed E-state index contributed by atoms with van der Waals surface area (Å²) in [7, 11) is 0. The summed E-state index contributed by atoms with van der Waals surface area (Å²) in [6.45, 7) is 10.9. The number of hydrogen-bond acceptors (Lipinski definition) is 4. The Bertz CT molecular complexity index is 874. The molecule has 0 bridgehead atoms. The van der Waals surface area contributed by atoms with Crippen molar-refractivity contribution in [2.45, 2.75) is 26.7 Å². The van der Waals surface area contributed by atoms with Crippen molar-refractivity contribution < 1.29 is 9.53 Å². The van der Waals surface area contributed by atoms with Gasteiger partial charge in [-0.1, -0.05) is 30.3 Å². The molecule has 2 aromatic carbocycles. The van der Waals surface area contributed by atoms with Crippen LogP contribution in [0.5, 0.6) is 5.75 Å². The highest BCUT2D eigenvalue weighted by Gasteiger charge is 2.25. The molecular formula is C25H33N3O2. The Balaban J connectivity index is 1.16. The maximum Gasteiger partial charge on any atom is 0.226 e. The summed E-state index contributed by atoms with van der Waals surface area (Å²) in [5.74, 6) is 0.951. The predicted octanol–water partition coefficient (Wildman–Crippen LogP) is 3.18. The number of ether oxygens (including phenoxy) is 1. The van der Waals surface area contributed by atoms with E-state index in [9.17, 15) is 4.79 Å². The van der Waals surface area contributed by atoms with Crippen LogP contribution in [0.2, 0.25) is 0 Å². The molecule has 160 valence electrons. The monoisotopic (exact) mass is 407 g/mol. The van der Waals surface area contributed by atoms with Crippen molar-refractivity contribution in [3.8, 4) is 5.75 Å². The molecule has 1 N–H and O–H groups in total. The number of nitrogens with one attached hydrogen (secondary N) is 1. The summed E-state index contributed by atoms with van der Waals surface area (Å²) >= 11 is 0. The van der Waals surface area contributed by atoms with Crippen molar-refractivity contribution in [1.29, 1.82) is 0 Å². The Hall–Kier alpha value is -2.53. The summed E-state index contributed by atoms with van der Waals surface area (Å²) in [6.07, 6.45) is 1.75. The summed E-state index contributed by atoms with van der Waals surface area (Å²) in [5, 5.41) is 3.12. The molecule has 0 aliphatic carbocycles. The number of benzene rings is 2.